The molecule has 168 valence electrons. The first-order chi connectivity index (χ1) is 15.4. The van der Waals surface area contributed by atoms with Crippen LogP contribution in [0.4, 0.5) is 0 Å². The predicted octanol–water partition coefficient (Wildman–Crippen LogP) is 2.04. The number of carbonyl (C=O) groups is 2. The number of nitrogens with one attached hydrogen (secondary N) is 1. The summed E-state index contributed by atoms with van der Waals surface area (Å²) in [6.45, 7) is 3.80. The second kappa shape index (κ2) is 10.4. The van der Waals surface area contributed by atoms with Crippen LogP contribution >= 0.6 is 0 Å². The normalized spacial score (nSPS) is 14.1. The van der Waals surface area contributed by atoms with Crippen molar-refractivity contribution in [2.24, 2.45) is 0 Å². The molecule has 0 radical (unpaired) electrons. The molecule has 0 aliphatic carbocycles. The topological polar surface area (TPSA) is 111 Å². The van der Waals surface area contributed by atoms with Gasteiger partial charge in [0.05, 0.1) is 11.0 Å². The van der Waals surface area contributed by atoms with E-state index >= 15 is 0 Å². The summed E-state index contributed by atoms with van der Waals surface area (Å²) in [6.07, 6.45) is 0.994. The van der Waals surface area contributed by atoms with Gasteiger partial charge in [0.2, 0.25) is 10.0 Å². The maximum absolute atomic E-state index is 12.8. The van der Waals surface area contributed by atoms with Crippen molar-refractivity contribution in [2.75, 3.05) is 32.7 Å². The van der Waals surface area contributed by atoms with E-state index in [2.05, 4.69) is 11.6 Å². The third-order valence-corrected chi connectivity index (χ3v) is 6.88. The Bertz CT molecular complexity index is 1100. The van der Waals surface area contributed by atoms with Crippen LogP contribution in [0.1, 0.15) is 39.6 Å². The van der Waals surface area contributed by atoms with E-state index in [1.54, 1.807) is 9.80 Å². The number of amides is 2. The molecule has 8 nitrogen and oxygen atoms in total. The predicted molar refractivity (Wildman–Crippen MR) is 119 cm³/mol. The van der Waals surface area contributed by atoms with E-state index in [9.17, 15) is 18.0 Å². The Labute approximate surface area is 188 Å². The zero-order valence-electron chi connectivity index (χ0n) is 18.0. The summed E-state index contributed by atoms with van der Waals surface area (Å²) >= 11 is 0. The molecule has 1 aliphatic heterocycles. The SMILES string of the molecule is CCc1ccc(C(=O)N2CCN(C(=O)c3ccc(S(=O)(=O)NCCC#N)cc3)CC2)cc1. The molecule has 3 rings (SSSR count). The van der Waals surface area contributed by atoms with Crippen molar-refractivity contribution in [3.05, 3.63) is 65.2 Å². The minimum Gasteiger partial charge on any atom is -0.335 e. The lowest BCUT2D eigenvalue weighted by Gasteiger charge is -2.35. The number of hydrogen-bond donors (Lipinski definition) is 1. The highest BCUT2D eigenvalue weighted by Crippen LogP contribution is 2.15. The van der Waals surface area contributed by atoms with Crippen LogP contribution < -0.4 is 4.72 Å². The van der Waals surface area contributed by atoms with E-state index in [4.69, 9.17) is 5.26 Å². The smallest absolute Gasteiger partial charge is 0.253 e. The van der Waals surface area contributed by atoms with Crippen molar-refractivity contribution in [2.45, 2.75) is 24.7 Å². The molecule has 0 spiro atoms. The lowest BCUT2D eigenvalue weighted by Crippen LogP contribution is -2.50. The van der Waals surface area contributed by atoms with Gasteiger partial charge in [0.15, 0.2) is 0 Å². The molecular formula is C23H26N4O4S. The van der Waals surface area contributed by atoms with E-state index in [0.717, 1.165) is 6.42 Å². The highest BCUT2D eigenvalue weighted by atomic mass is 32.2. The number of nitriles is 1. The second-order valence-corrected chi connectivity index (χ2v) is 9.23. The molecule has 2 aromatic rings. The lowest BCUT2D eigenvalue weighted by molar-refractivity contribution is 0.0535. The van der Waals surface area contributed by atoms with Gasteiger partial charge in [0.1, 0.15) is 0 Å². The summed E-state index contributed by atoms with van der Waals surface area (Å²) in [5.41, 5.74) is 2.20. The number of hydrogen-bond acceptors (Lipinski definition) is 5. The van der Waals surface area contributed by atoms with E-state index in [1.165, 1.54) is 29.8 Å². The fourth-order valence-electron chi connectivity index (χ4n) is 3.46. The monoisotopic (exact) mass is 454 g/mol. The molecule has 0 bridgehead atoms. The minimum atomic E-state index is -3.72. The Morgan fingerprint density at radius 3 is 1.81 bits per heavy atom. The van der Waals surface area contributed by atoms with Crippen LogP contribution in [-0.2, 0) is 16.4 Å². The molecule has 1 saturated heterocycles. The van der Waals surface area contributed by atoms with E-state index < -0.39 is 10.0 Å². The number of nitrogens with zero attached hydrogens (tertiary/aromatic N) is 3. The van der Waals surface area contributed by atoms with Crippen molar-refractivity contribution in [1.29, 1.82) is 5.26 Å². The van der Waals surface area contributed by atoms with Crippen molar-refractivity contribution in [3.8, 4) is 6.07 Å². The fraction of sp³-hybridized carbons (Fsp3) is 0.348. The zero-order valence-corrected chi connectivity index (χ0v) is 18.8. The minimum absolute atomic E-state index is 0.0330. The third-order valence-electron chi connectivity index (χ3n) is 5.40. The Hall–Kier alpha value is -3.22. The Morgan fingerprint density at radius 1 is 0.906 bits per heavy atom. The van der Waals surface area contributed by atoms with Crippen molar-refractivity contribution >= 4 is 21.8 Å². The fourth-order valence-corrected chi connectivity index (χ4v) is 4.49. The van der Waals surface area contributed by atoms with Gasteiger partial charge in [-0.05, 0) is 48.4 Å². The first kappa shape index (κ1) is 23.4. The average Bonchev–Trinajstić information content (AvgIpc) is 2.83. The van der Waals surface area contributed by atoms with Crippen LogP contribution in [0, 0.1) is 11.3 Å². The van der Waals surface area contributed by atoms with Crippen LogP contribution in [0.2, 0.25) is 0 Å². The first-order valence-electron chi connectivity index (χ1n) is 10.5. The summed E-state index contributed by atoms with van der Waals surface area (Å²) in [7, 11) is -3.72. The van der Waals surface area contributed by atoms with Gasteiger partial charge < -0.3 is 9.80 Å². The first-order valence-corrected chi connectivity index (χ1v) is 12.0. The quantitative estimate of drug-likeness (QED) is 0.644. The van der Waals surface area contributed by atoms with Gasteiger partial charge in [0, 0.05) is 50.3 Å². The Morgan fingerprint density at radius 2 is 1.38 bits per heavy atom. The van der Waals surface area contributed by atoms with Gasteiger partial charge in [-0.15, -0.1) is 0 Å². The van der Waals surface area contributed by atoms with Gasteiger partial charge >= 0.3 is 0 Å². The lowest BCUT2D eigenvalue weighted by atomic mass is 10.1. The molecule has 0 aromatic heterocycles. The molecule has 1 aliphatic rings. The number of aryl methyl sites for hydroxylation is 1. The number of rotatable bonds is 7. The third kappa shape index (κ3) is 5.52. The number of benzene rings is 2. The van der Waals surface area contributed by atoms with E-state index in [1.807, 2.05) is 30.3 Å². The van der Waals surface area contributed by atoms with Crippen LogP contribution in [0.5, 0.6) is 0 Å². The van der Waals surface area contributed by atoms with Gasteiger partial charge in [0.25, 0.3) is 11.8 Å². The molecule has 9 heteroatoms. The van der Waals surface area contributed by atoms with Crippen molar-refractivity contribution in [3.63, 3.8) is 0 Å². The molecular weight excluding hydrogens is 428 g/mol. The molecule has 1 heterocycles. The van der Waals surface area contributed by atoms with Crippen LogP contribution in [0.15, 0.2) is 53.4 Å². The Kier molecular flexibility index (Phi) is 7.62. The average molecular weight is 455 g/mol. The maximum Gasteiger partial charge on any atom is 0.253 e. The summed E-state index contributed by atoms with van der Waals surface area (Å²) in [6, 6.07) is 15.2. The molecule has 2 aromatic carbocycles. The highest BCUT2D eigenvalue weighted by Gasteiger charge is 2.26. The van der Waals surface area contributed by atoms with Crippen LogP contribution in [-0.4, -0.2) is 62.8 Å². The summed E-state index contributed by atoms with van der Waals surface area (Å²) in [5.74, 6) is -0.246. The number of piperazine rings is 1. The summed E-state index contributed by atoms with van der Waals surface area (Å²) in [4.78, 5) is 29.0. The van der Waals surface area contributed by atoms with Crippen LogP contribution in [0.3, 0.4) is 0 Å². The van der Waals surface area contributed by atoms with Crippen LogP contribution in [0.25, 0.3) is 0 Å². The van der Waals surface area contributed by atoms with Gasteiger partial charge in [-0.1, -0.05) is 19.1 Å². The van der Waals surface area contributed by atoms with Gasteiger partial charge in [-0.25, -0.2) is 13.1 Å². The molecule has 0 saturated carbocycles. The van der Waals surface area contributed by atoms with Crippen molar-refractivity contribution in [1.82, 2.24) is 14.5 Å². The molecule has 0 atom stereocenters. The largest absolute Gasteiger partial charge is 0.335 e. The van der Waals surface area contributed by atoms with Crippen molar-refractivity contribution < 1.29 is 18.0 Å². The zero-order chi connectivity index (χ0) is 23.1. The van der Waals surface area contributed by atoms with Gasteiger partial charge in [-0.3, -0.25) is 9.59 Å². The van der Waals surface area contributed by atoms with Gasteiger partial charge in [-0.2, -0.15) is 5.26 Å². The molecule has 32 heavy (non-hydrogen) atoms. The second-order valence-electron chi connectivity index (χ2n) is 7.47. The summed E-state index contributed by atoms with van der Waals surface area (Å²) < 4.78 is 26.7. The highest BCUT2D eigenvalue weighted by molar-refractivity contribution is 7.89. The molecule has 1 fully saturated rings. The summed E-state index contributed by atoms with van der Waals surface area (Å²) in [5, 5.41) is 8.53. The standard InChI is InChI=1S/C23H26N4O4S/c1-2-18-4-6-19(7-5-18)22(28)26-14-16-27(17-15-26)23(29)20-8-10-21(11-9-20)32(30,31)25-13-3-12-24/h4-11,25H,2-3,13-17H2,1H3. The number of carbonyl (C=O) groups excluding carboxylic acids is 2. The molecule has 1 N–H and O–H groups in total. The molecule has 2 amide bonds. The molecule has 0 unspecified atom stereocenters. The Balaban J connectivity index is 1.58. The number of sulfonamides is 1. The van der Waals surface area contributed by atoms with E-state index in [-0.39, 0.29) is 29.7 Å². The maximum atomic E-state index is 12.8. The van der Waals surface area contributed by atoms with E-state index in [0.29, 0.717) is 37.3 Å².